The number of rotatable bonds is 7. The highest BCUT2D eigenvalue weighted by molar-refractivity contribution is 7.89. The Balaban J connectivity index is 1.68. The predicted molar refractivity (Wildman–Crippen MR) is 120 cm³/mol. The number of hydrogen-bond donors (Lipinski definition) is 1. The topological polar surface area (TPSA) is 66.5 Å². The highest BCUT2D eigenvalue weighted by Gasteiger charge is 2.29. The minimum absolute atomic E-state index is 0.0130. The molecule has 1 atom stereocenters. The lowest BCUT2D eigenvalue weighted by Crippen LogP contribution is -2.38. The lowest BCUT2D eigenvalue weighted by Gasteiger charge is -2.29. The zero-order chi connectivity index (χ0) is 21.7. The molecular weight excluding hydrogens is 396 g/mol. The average Bonchev–Trinajstić information content (AvgIpc) is 2.73. The largest absolute Gasteiger partial charge is 0.350 e. The van der Waals surface area contributed by atoms with Gasteiger partial charge in [0.15, 0.2) is 0 Å². The van der Waals surface area contributed by atoms with E-state index in [0.29, 0.717) is 24.6 Å². The van der Waals surface area contributed by atoms with Crippen molar-refractivity contribution in [2.24, 2.45) is 5.92 Å². The number of carbonyl (C=O) groups is 1. The molecule has 162 valence electrons. The number of hydrogen-bond acceptors (Lipinski definition) is 3. The van der Waals surface area contributed by atoms with Crippen LogP contribution in [-0.4, -0.2) is 37.8 Å². The van der Waals surface area contributed by atoms with Crippen molar-refractivity contribution in [3.05, 3.63) is 65.2 Å². The number of sulfonamides is 1. The van der Waals surface area contributed by atoms with Crippen LogP contribution in [0.2, 0.25) is 0 Å². The van der Waals surface area contributed by atoms with Crippen LogP contribution >= 0.6 is 0 Å². The molecule has 2 aromatic rings. The van der Waals surface area contributed by atoms with Gasteiger partial charge in [-0.3, -0.25) is 4.79 Å². The summed E-state index contributed by atoms with van der Waals surface area (Å²) in [5, 5.41) is 3.02. The Bertz CT molecular complexity index is 965. The van der Waals surface area contributed by atoms with Crippen LogP contribution in [0.5, 0.6) is 0 Å². The van der Waals surface area contributed by atoms with Gasteiger partial charge < -0.3 is 5.32 Å². The molecule has 2 aromatic carbocycles. The third-order valence-corrected chi connectivity index (χ3v) is 7.82. The monoisotopic (exact) mass is 428 g/mol. The molecule has 0 saturated carbocycles. The molecule has 1 heterocycles. The smallest absolute Gasteiger partial charge is 0.251 e. The number of piperidine rings is 1. The first-order valence-electron chi connectivity index (χ1n) is 10.7. The standard InChI is InChI=1S/C24H32N2O3S/c1-18-13-15-26(16-14-18)30(28,29)22-12-9-19(2)23(17-22)24(27)25-20(3)10-11-21-7-5-4-6-8-21/h4-9,12,17-18,20H,10-11,13-16H2,1-3H3,(H,25,27)/t20-/m0/s1. The highest BCUT2D eigenvalue weighted by atomic mass is 32.2. The Morgan fingerprint density at radius 2 is 1.80 bits per heavy atom. The van der Waals surface area contributed by atoms with E-state index in [4.69, 9.17) is 0 Å². The minimum atomic E-state index is -3.58. The second-order valence-electron chi connectivity index (χ2n) is 8.46. The molecule has 0 aliphatic carbocycles. The van der Waals surface area contributed by atoms with Crippen LogP contribution in [0.3, 0.4) is 0 Å². The van der Waals surface area contributed by atoms with Crippen molar-refractivity contribution in [1.82, 2.24) is 9.62 Å². The van der Waals surface area contributed by atoms with Crippen LogP contribution < -0.4 is 5.32 Å². The zero-order valence-corrected chi connectivity index (χ0v) is 18.9. The fourth-order valence-corrected chi connectivity index (χ4v) is 5.28. The van der Waals surface area contributed by atoms with Crippen LogP contribution in [0.1, 0.15) is 54.6 Å². The summed E-state index contributed by atoms with van der Waals surface area (Å²) < 4.78 is 27.7. The van der Waals surface area contributed by atoms with Crippen LogP contribution in [0.4, 0.5) is 0 Å². The molecule has 0 spiro atoms. The second kappa shape index (κ2) is 9.75. The van der Waals surface area contributed by atoms with Crippen LogP contribution in [-0.2, 0) is 16.4 Å². The van der Waals surface area contributed by atoms with Crippen molar-refractivity contribution >= 4 is 15.9 Å². The van der Waals surface area contributed by atoms with E-state index >= 15 is 0 Å². The Hall–Kier alpha value is -2.18. The molecule has 1 fully saturated rings. The van der Waals surface area contributed by atoms with Gasteiger partial charge in [0.25, 0.3) is 5.91 Å². The molecule has 0 aromatic heterocycles. The van der Waals surface area contributed by atoms with E-state index in [1.807, 2.05) is 32.0 Å². The minimum Gasteiger partial charge on any atom is -0.350 e. The fourth-order valence-electron chi connectivity index (χ4n) is 3.78. The number of nitrogens with one attached hydrogen (secondary N) is 1. The summed E-state index contributed by atoms with van der Waals surface area (Å²) in [7, 11) is -3.58. The Morgan fingerprint density at radius 1 is 1.13 bits per heavy atom. The van der Waals surface area contributed by atoms with Crippen molar-refractivity contribution < 1.29 is 13.2 Å². The number of amides is 1. The molecule has 0 unspecified atom stereocenters. The van der Waals surface area contributed by atoms with E-state index < -0.39 is 10.0 Å². The van der Waals surface area contributed by atoms with Crippen LogP contribution in [0.15, 0.2) is 53.4 Å². The van der Waals surface area contributed by atoms with E-state index in [1.165, 1.54) is 11.6 Å². The van der Waals surface area contributed by atoms with E-state index in [-0.39, 0.29) is 16.8 Å². The second-order valence-corrected chi connectivity index (χ2v) is 10.4. The van der Waals surface area contributed by atoms with Crippen molar-refractivity contribution in [1.29, 1.82) is 0 Å². The molecule has 1 N–H and O–H groups in total. The lowest BCUT2D eigenvalue weighted by atomic mass is 10.0. The zero-order valence-electron chi connectivity index (χ0n) is 18.1. The van der Waals surface area contributed by atoms with Crippen LogP contribution in [0, 0.1) is 12.8 Å². The van der Waals surface area contributed by atoms with Gasteiger partial charge in [0.05, 0.1) is 4.90 Å². The highest BCUT2D eigenvalue weighted by Crippen LogP contribution is 2.25. The van der Waals surface area contributed by atoms with Crippen molar-refractivity contribution in [3.63, 3.8) is 0 Å². The van der Waals surface area contributed by atoms with Gasteiger partial charge >= 0.3 is 0 Å². The van der Waals surface area contributed by atoms with Gasteiger partial charge in [-0.1, -0.05) is 43.3 Å². The maximum Gasteiger partial charge on any atom is 0.251 e. The molecule has 6 heteroatoms. The van der Waals surface area contributed by atoms with Gasteiger partial charge in [0.2, 0.25) is 10.0 Å². The van der Waals surface area contributed by atoms with Crippen molar-refractivity contribution in [2.45, 2.75) is 57.4 Å². The number of benzene rings is 2. The van der Waals surface area contributed by atoms with E-state index in [1.54, 1.807) is 16.4 Å². The van der Waals surface area contributed by atoms with Gasteiger partial charge in [-0.2, -0.15) is 4.31 Å². The normalized spacial score (nSPS) is 16.9. The Kier molecular flexibility index (Phi) is 7.32. The van der Waals surface area contributed by atoms with Crippen molar-refractivity contribution in [3.8, 4) is 0 Å². The summed E-state index contributed by atoms with van der Waals surface area (Å²) >= 11 is 0. The number of aryl methyl sites for hydroxylation is 2. The summed E-state index contributed by atoms with van der Waals surface area (Å²) in [6, 6.07) is 15.0. The molecule has 3 rings (SSSR count). The molecule has 1 aliphatic heterocycles. The lowest BCUT2D eigenvalue weighted by molar-refractivity contribution is 0.0937. The van der Waals surface area contributed by atoms with Gasteiger partial charge in [0, 0.05) is 24.7 Å². The molecule has 1 aliphatic rings. The third kappa shape index (κ3) is 5.49. The maximum atomic E-state index is 13.1. The van der Waals surface area contributed by atoms with Gasteiger partial charge in [-0.25, -0.2) is 8.42 Å². The average molecular weight is 429 g/mol. The van der Waals surface area contributed by atoms with Gasteiger partial charge in [-0.15, -0.1) is 0 Å². The molecule has 0 radical (unpaired) electrons. The fraction of sp³-hybridized carbons (Fsp3) is 0.458. The summed E-state index contributed by atoms with van der Waals surface area (Å²) in [4.78, 5) is 13.1. The third-order valence-electron chi connectivity index (χ3n) is 5.92. The molecule has 1 amide bonds. The Morgan fingerprint density at radius 3 is 2.47 bits per heavy atom. The van der Waals surface area contributed by atoms with Crippen LogP contribution in [0.25, 0.3) is 0 Å². The summed E-state index contributed by atoms with van der Waals surface area (Å²) in [6.07, 6.45) is 3.44. The molecule has 30 heavy (non-hydrogen) atoms. The predicted octanol–water partition coefficient (Wildman–Crippen LogP) is 4.17. The molecular formula is C24H32N2O3S. The SMILES string of the molecule is Cc1ccc(S(=O)(=O)N2CCC(C)CC2)cc1C(=O)N[C@@H](C)CCc1ccccc1. The van der Waals surface area contributed by atoms with Gasteiger partial charge in [-0.05, 0) is 68.7 Å². The summed E-state index contributed by atoms with van der Waals surface area (Å²) in [6.45, 7) is 7.04. The molecule has 1 saturated heterocycles. The first kappa shape index (κ1) is 22.5. The quantitative estimate of drug-likeness (QED) is 0.720. The number of nitrogens with zero attached hydrogens (tertiary/aromatic N) is 1. The maximum absolute atomic E-state index is 13.1. The van der Waals surface area contributed by atoms with E-state index in [9.17, 15) is 13.2 Å². The summed E-state index contributed by atoms with van der Waals surface area (Å²) in [5.74, 6) is 0.325. The summed E-state index contributed by atoms with van der Waals surface area (Å²) in [5.41, 5.74) is 2.43. The molecule has 0 bridgehead atoms. The van der Waals surface area contributed by atoms with Gasteiger partial charge in [0.1, 0.15) is 0 Å². The van der Waals surface area contributed by atoms with E-state index in [0.717, 1.165) is 31.2 Å². The molecule has 5 nitrogen and oxygen atoms in total. The van der Waals surface area contributed by atoms with Crippen molar-refractivity contribution in [2.75, 3.05) is 13.1 Å². The first-order chi connectivity index (χ1) is 14.3. The Labute approximate surface area is 180 Å². The number of carbonyl (C=O) groups excluding carboxylic acids is 1. The first-order valence-corrected chi connectivity index (χ1v) is 12.2. The van der Waals surface area contributed by atoms with E-state index in [2.05, 4.69) is 24.4 Å².